The Kier molecular flexibility index (Phi) is 4.40. The zero-order valence-corrected chi connectivity index (χ0v) is 13.1. The average Bonchev–Trinajstić information content (AvgIpc) is 2.95. The Bertz CT molecular complexity index is 793. The van der Waals surface area contributed by atoms with Crippen molar-refractivity contribution in [2.75, 3.05) is 31.1 Å². The predicted molar refractivity (Wildman–Crippen MR) is 80.1 cm³/mol. The second-order valence-corrected chi connectivity index (χ2v) is 7.80. The Morgan fingerprint density at radius 2 is 1.91 bits per heavy atom. The molecule has 0 amide bonds. The number of hydrogen-bond acceptors (Lipinski definition) is 5. The first-order chi connectivity index (χ1) is 10.9. The van der Waals surface area contributed by atoms with Crippen molar-refractivity contribution in [3.63, 3.8) is 0 Å². The zero-order chi connectivity index (χ0) is 16.4. The molecule has 1 aromatic heterocycles. The molecule has 1 aliphatic rings. The molecule has 0 unspecified atom stereocenters. The van der Waals surface area contributed by atoms with Crippen LogP contribution < -0.4 is 0 Å². The molecule has 0 bridgehead atoms. The standard InChI is InChI=1S/C14H16F2N4O2S/c15-11-1-2-14(13(16)9-11)20-10-12(17-18-20)3-4-19-5-7-23(21,22)8-6-19/h1-2,9-10H,3-8H2. The maximum absolute atomic E-state index is 13.7. The van der Waals surface area contributed by atoms with Crippen LogP contribution >= 0.6 is 0 Å². The Labute approximate surface area is 132 Å². The fourth-order valence-electron chi connectivity index (χ4n) is 2.44. The van der Waals surface area contributed by atoms with Crippen LogP contribution in [0, 0.1) is 11.6 Å². The summed E-state index contributed by atoms with van der Waals surface area (Å²) in [5, 5.41) is 7.83. The first-order valence-electron chi connectivity index (χ1n) is 7.22. The Balaban J connectivity index is 1.62. The van der Waals surface area contributed by atoms with Crippen molar-refractivity contribution < 1.29 is 17.2 Å². The van der Waals surface area contributed by atoms with E-state index in [4.69, 9.17) is 0 Å². The monoisotopic (exact) mass is 342 g/mol. The minimum atomic E-state index is -2.88. The van der Waals surface area contributed by atoms with E-state index in [9.17, 15) is 17.2 Å². The molecule has 124 valence electrons. The molecule has 0 radical (unpaired) electrons. The Morgan fingerprint density at radius 3 is 2.61 bits per heavy atom. The fraction of sp³-hybridized carbons (Fsp3) is 0.429. The van der Waals surface area contributed by atoms with Crippen LogP contribution in [0.3, 0.4) is 0 Å². The molecule has 2 aromatic rings. The smallest absolute Gasteiger partial charge is 0.152 e. The van der Waals surface area contributed by atoms with Gasteiger partial charge in [0, 0.05) is 32.1 Å². The first kappa shape index (κ1) is 16.0. The molecule has 1 fully saturated rings. The van der Waals surface area contributed by atoms with Gasteiger partial charge in [0.05, 0.1) is 23.4 Å². The molecule has 0 N–H and O–H groups in total. The number of aromatic nitrogens is 3. The van der Waals surface area contributed by atoms with Crippen LogP contribution in [0.2, 0.25) is 0 Å². The van der Waals surface area contributed by atoms with E-state index in [1.165, 1.54) is 10.7 Å². The molecule has 6 nitrogen and oxygen atoms in total. The third-order valence-electron chi connectivity index (χ3n) is 3.82. The molecule has 9 heteroatoms. The Morgan fingerprint density at radius 1 is 1.17 bits per heavy atom. The number of rotatable bonds is 4. The number of hydrogen-bond donors (Lipinski definition) is 0. The van der Waals surface area contributed by atoms with Gasteiger partial charge in [-0.3, -0.25) is 0 Å². The van der Waals surface area contributed by atoms with Crippen LogP contribution in [0.1, 0.15) is 5.69 Å². The Hall–Kier alpha value is -1.87. The molecule has 2 heterocycles. The summed E-state index contributed by atoms with van der Waals surface area (Å²) in [7, 11) is -2.88. The highest BCUT2D eigenvalue weighted by Gasteiger charge is 2.21. The van der Waals surface area contributed by atoms with Gasteiger partial charge in [-0.2, -0.15) is 0 Å². The van der Waals surface area contributed by atoms with Gasteiger partial charge in [-0.05, 0) is 12.1 Å². The molecule has 23 heavy (non-hydrogen) atoms. The van der Waals surface area contributed by atoms with Crippen LogP contribution in [0.25, 0.3) is 5.69 Å². The number of nitrogens with zero attached hydrogens (tertiary/aromatic N) is 4. The lowest BCUT2D eigenvalue weighted by Gasteiger charge is -2.25. The van der Waals surface area contributed by atoms with Gasteiger partial charge in [-0.1, -0.05) is 5.21 Å². The number of sulfone groups is 1. The normalized spacial score (nSPS) is 18.2. The molecule has 1 saturated heterocycles. The van der Waals surface area contributed by atoms with Crippen molar-refractivity contribution in [3.8, 4) is 5.69 Å². The lowest BCUT2D eigenvalue weighted by atomic mass is 10.3. The summed E-state index contributed by atoms with van der Waals surface area (Å²) in [6.07, 6.45) is 2.18. The van der Waals surface area contributed by atoms with Gasteiger partial charge in [-0.25, -0.2) is 21.9 Å². The van der Waals surface area contributed by atoms with E-state index in [2.05, 4.69) is 15.2 Å². The average molecular weight is 342 g/mol. The van der Waals surface area contributed by atoms with Crippen molar-refractivity contribution in [3.05, 3.63) is 41.7 Å². The molecule has 3 rings (SSSR count). The van der Waals surface area contributed by atoms with Crippen LogP contribution in [0.15, 0.2) is 24.4 Å². The van der Waals surface area contributed by atoms with Gasteiger partial charge in [0.2, 0.25) is 0 Å². The molecule has 1 aromatic carbocycles. The van der Waals surface area contributed by atoms with E-state index in [1.807, 2.05) is 0 Å². The van der Waals surface area contributed by atoms with E-state index in [1.54, 1.807) is 6.20 Å². The van der Waals surface area contributed by atoms with Gasteiger partial charge >= 0.3 is 0 Å². The molecule has 1 aliphatic heterocycles. The molecule has 0 atom stereocenters. The van der Waals surface area contributed by atoms with E-state index >= 15 is 0 Å². The lowest BCUT2D eigenvalue weighted by Crippen LogP contribution is -2.41. The molecule has 0 aliphatic carbocycles. The van der Waals surface area contributed by atoms with Crippen LogP contribution in [-0.4, -0.2) is 59.5 Å². The summed E-state index contributed by atoms with van der Waals surface area (Å²) in [6, 6.07) is 3.26. The predicted octanol–water partition coefficient (Wildman–Crippen LogP) is 0.818. The second-order valence-electron chi connectivity index (χ2n) is 5.49. The second kappa shape index (κ2) is 6.32. The van der Waals surface area contributed by atoms with Crippen LogP contribution in [0.5, 0.6) is 0 Å². The summed E-state index contributed by atoms with van der Waals surface area (Å²) < 4.78 is 50.6. The zero-order valence-electron chi connectivity index (χ0n) is 12.3. The largest absolute Gasteiger partial charge is 0.301 e. The van der Waals surface area contributed by atoms with E-state index in [-0.39, 0.29) is 17.2 Å². The van der Waals surface area contributed by atoms with Crippen molar-refractivity contribution >= 4 is 9.84 Å². The van der Waals surface area contributed by atoms with E-state index in [0.29, 0.717) is 31.7 Å². The maximum Gasteiger partial charge on any atom is 0.152 e. The van der Waals surface area contributed by atoms with Crippen molar-refractivity contribution in [1.29, 1.82) is 0 Å². The highest BCUT2D eigenvalue weighted by molar-refractivity contribution is 7.91. The van der Waals surface area contributed by atoms with Crippen molar-refractivity contribution in [1.82, 2.24) is 19.9 Å². The number of benzene rings is 1. The van der Waals surface area contributed by atoms with Crippen molar-refractivity contribution in [2.45, 2.75) is 6.42 Å². The van der Waals surface area contributed by atoms with E-state index in [0.717, 1.165) is 12.1 Å². The van der Waals surface area contributed by atoms with Crippen LogP contribution in [0.4, 0.5) is 8.78 Å². The summed E-state index contributed by atoms with van der Waals surface area (Å²) in [5.41, 5.74) is 0.802. The summed E-state index contributed by atoms with van der Waals surface area (Å²) in [6.45, 7) is 1.70. The molecule has 0 saturated carbocycles. The highest BCUT2D eigenvalue weighted by atomic mass is 32.2. The topological polar surface area (TPSA) is 68.1 Å². The lowest BCUT2D eigenvalue weighted by molar-refractivity contribution is 0.298. The summed E-state index contributed by atoms with van der Waals surface area (Å²) >= 11 is 0. The van der Waals surface area contributed by atoms with Gasteiger partial charge in [0.15, 0.2) is 15.7 Å². The van der Waals surface area contributed by atoms with Gasteiger partial charge in [0.1, 0.15) is 11.5 Å². The first-order valence-corrected chi connectivity index (χ1v) is 9.04. The molecular weight excluding hydrogens is 326 g/mol. The maximum atomic E-state index is 13.7. The third kappa shape index (κ3) is 3.91. The molecule has 0 spiro atoms. The van der Waals surface area contributed by atoms with Gasteiger partial charge in [-0.15, -0.1) is 5.10 Å². The van der Waals surface area contributed by atoms with Crippen molar-refractivity contribution in [2.24, 2.45) is 0 Å². The SMILES string of the molecule is O=S1(=O)CCN(CCc2cn(-c3ccc(F)cc3F)nn2)CC1. The summed E-state index contributed by atoms with van der Waals surface area (Å²) in [5.74, 6) is -0.990. The quantitative estimate of drug-likeness (QED) is 0.823. The fourth-order valence-corrected chi connectivity index (χ4v) is 3.72. The van der Waals surface area contributed by atoms with Crippen LogP contribution in [-0.2, 0) is 16.3 Å². The summed E-state index contributed by atoms with van der Waals surface area (Å²) in [4.78, 5) is 2.05. The highest BCUT2D eigenvalue weighted by Crippen LogP contribution is 2.14. The third-order valence-corrected chi connectivity index (χ3v) is 5.43. The molecular formula is C14H16F2N4O2S. The van der Waals surface area contributed by atoms with Gasteiger partial charge < -0.3 is 4.90 Å². The minimum Gasteiger partial charge on any atom is -0.301 e. The minimum absolute atomic E-state index is 0.134. The van der Waals surface area contributed by atoms with E-state index < -0.39 is 21.5 Å². The number of halogens is 2. The van der Waals surface area contributed by atoms with Gasteiger partial charge in [0.25, 0.3) is 0 Å².